The van der Waals surface area contributed by atoms with Crippen molar-refractivity contribution in [2.75, 3.05) is 13.1 Å². The Morgan fingerprint density at radius 3 is 2.74 bits per heavy atom. The SMILES string of the molecule is O=C(NCc1ccco1)[C@H]1CN(S(=O)(=O)c2cccs2)CC12CCCCC2. The quantitative estimate of drug-likeness (QED) is 0.824. The monoisotopic (exact) mass is 408 g/mol. The van der Waals surface area contributed by atoms with Crippen molar-refractivity contribution in [3.05, 3.63) is 41.7 Å². The number of hydrogen-bond donors (Lipinski definition) is 1. The largest absolute Gasteiger partial charge is 0.467 e. The molecule has 2 fully saturated rings. The van der Waals surface area contributed by atoms with Crippen LogP contribution in [0.15, 0.2) is 44.5 Å². The molecule has 146 valence electrons. The van der Waals surface area contributed by atoms with Gasteiger partial charge < -0.3 is 9.73 Å². The van der Waals surface area contributed by atoms with Crippen LogP contribution in [0.2, 0.25) is 0 Å². The first-order chi connectivity index (χ1) is 13.0. The summed E-state index contributed by atoms with van der Waals surface area (Å²) in [7, 11) is -3.54. The Bertz CT molecular complexity index is 869. The van der Waals surface area contributed by atoms with Gasteiger partial charge in [-0.25, -0.2) is 8.42 Å². The molecule has 0 aromatic carbocycles. The number of rotatable bonds is 5. The normalized spacial score (nSPS) is 22.9. The van der Waals surface area contributed by atoms with Gasteiger partial charge in [-0.1, -0.05) is 25.3 Å². The number of nitrogens with zero attached hydrogens (tertiary/aromatic N) is 1. The molecule has 2 aliphatic rings. The topological polar surface area (TPSA) is 79.6 Å². The van der Waals surface area contributed by atoms with Crippen molar-refractivity contribution in [2.24, 2.45) is 11.3 Å². The van der Waals surface area contributed by atoms with Crippen LogP contribution in [-0.4, -0.2) is 31.7 Å². The van der Waals surface area contributed by atoms with Crippen molar-refractivity contribution >= 4 is 27.3 Å². The lowest BCUT2D eigenvalue weighted by atomic mass is 9.67. The van der Waals surface area contributed by atoms with Crippen molar-refractivity contribution in [3.8, 4) is 0 Å². The summed E-state index contributed by atoms with van der Waals surface area (Å²) in [6.45, 7) is 1.02. The summed E-state index contributed by atoms with van der Waals surface area (Å²) in [5, 5.41) is 4.72. The minimum Gasteiger partial charge on any atom is -0.467 e. The zero-order valence-electron chi connectivity index (χ0n) is 15.1. The number of furan rings is 1. The molecule has 2 aromatic rings. The standard InChI is InChI=1S/C19H24N2O4S2/c22-18(20-12-15-6-4-10-25-15)16-13-21(14-19(16)8-2-1-3-9-19)27(23,24)17-7-5-11-26-17/h4-7,10-11,16H,1-3,8-9,12-14H2,(H,20,22)/t16-/m1/s1. The molecule has 8 heteroatoms. The second-order valence-electron chi connectivity index (χ2n) is 7.50. The van der Waals surface area contributed by atoms with Crippen LogP contribution < -0.4 is 5.32 Å². The molecule has 2 aromatic heterocycles. The molecule has 1 N–H and O–H groups in total. The summed E-state index contributed by atoms with van der Waals surface area (Å²) >= 11 is 1.23. The third-order valence-electron chi connectivity index (χ3n) is 5.89. The molecule has 0 unspecified atom stereocenters. The predicted molar refractivity (Wildman–Crippen MR) is 103 cm³/mol. The summed E-state index contributed by atoms with van der Waals surface area (Å²) in [6, 6.07) is 6.99. The smallest absolute Gasteiger partial charge is 0.252 e. The first-order valence-corrected chi connectivity index (χ1v) is 11.7. The molecule has 1 saturated carbocycles. The van der Waals surface area contributed by atoms with Crippen molar-refractivity contribution in [2.45, 2.75) is 42.9 Å². The second kappa shape index (κ2) is 7.41. The Labute approximate surface area is 163 Å². The average Bonchev–Trinajstić information content (AvgIpc) is 3.42. The molecule has 1 saturated heterocycles. The van der Waals surface area contributed by atoms with E-state index in [-0.39, 0.29) is 23.8 Å². The highest BCUT2D eigenvalue weighted by atomic mass is 32.2. The van der Waals surface area contributed by atoms with Crippen LogP contribution in [0.25, 0.3) is 0 Å². The lowest BCUT2D eigenvalue weighted by molar-refractivity contribution is -0.128. The zero-order valence-corrected chi connectivity index (χ0v) is 16.7. The van der Waals surface area contributed by atoms with Crippen LogP contribution >= 0.6 is 11.3 Å². The summed E-state index contributed by atoms with van der Waals surface area (Å²) < 4.78 is 33.2. The number of thiophene rings is 1. The number of carbonyl (C=O) groups is 1. The van der Waals surface area contributed by atoms with E-state index in [9.17, 15) is 13.2 Å². The Hall–Kier alpha value is -1.64. The Kier molecular flexibility index (Phi) is 5.13. The second-order valence-corrected chi connectivity index (χ2v) is 10.6. The fourth-order valence-corrected chi connectivity index (χ4v) is 7.17. The van der Waals surface area contributed by atoms with Crippen molar-refractivity contribution < 1.29 is 17.6 Å². The molecule has 1 atom stereocenters. The fraction of sp³-hybridized carbons (Fsp3) is 0.526. The van der Waals surface area contributed by atoms with E-state index in [2.05, 4.69) is 5.32 Å². The first-order valence-electron chi connectivity index (χ1n) is 9.35. The molecule has 1 aliphatic heterocycles. The molecular formula is C19H24N2O4S2. The minimum absolute atomic E-state index is 0.0721. The predicted octanol–water partition coefficient (Wildman–Crippen LogP) is 3.23. The minimum atomic E-state index is -3.54. The van der Waals surface area contributed by atoms with Gasteiger partial charge in [0.1, 0.15) is 9.97 Å². The Morgan fingerprint density at radius 1 is 1.26 bits per heavy atom. The molecule has 3 heterocycles. The molecule has 0 bridgehead atoms. The van der Waals surface area contributed by atoms with E-state index in [0.717, 1.165) is 32.1 Å². The highest BCUT2D eigenvalue weighted by Gasteiger charge is 2.53. The van der Waals surface area contributed by atoms with Crippen molar-refractivity contribution in [1.82, 2.24) is 9.62 Å². The maximum atomic E-state index is 13.0. The molecule has 27 heavy (non-hydrogen) atoms. The summed E-state index contributed by atoms with van der Waals surface area (Å²) in [6.07, 6.45) is 6.64. The Balaban J connectivity index is 1.55. The lowest BCUT2D eigenvalue weighted by Gasteiger charge is -2.37. The number of sulfonamides is 1. The molecule has 1 amide bonds. The number of hydrogen-bond acceptors (Lipinski definition) is 5. The summed E-state index contributed by atoms with van der Waals surface area (Å²) in [4.78, 5) is 13.0. The van der Waals surface area contributed by atoms with Gasteiger partial charge in [0.2, 0.25) is 5.91 Å². The number of amides is 1. The van der Waals surface area contributed by atoms with Gasteiger partial charge in [-0.05, 0) is 41.8 Å². The van der Waals surface area contributed by atoms with Crippen LogP contribution in [0.1, 0.15) is 37.9 Å². The van der Waals surface area contributed by atoms with Gasteiger partial charge in [0.25, 0.3) is 10.0 Å². The van der Waals surface area contributed by atoms with E-state index >= 15 is 0 Å². The van der Waals surface area contributed by atoms with E-state index in [1.807, 2.05) is 6.07 Å². The van der Waals surface area contributed by atoms with Crippen LogP contribution in [0.3, 0.4) is 0 Å². The van der Waals surface area contributed by atoms with Gasteiger partial charge in [0.15, 0.2) is 0 Å². The van der Waals surface area contributed by atoms with E-state index in [1.54, 1.807) is 29.8 Å². The highest BCUT2D eigenvalue weighted by molar-refractivity contribution is 7.91. The molecule has 4 rings (SSSR count). The third-order valence-corrected chi connectivity index (χ3v) is 9.07. The summed E-state index contributed by atoms with van der Waals surface area (Å²) in [5.74, 6) is 0.307. The van der Waals surface area contributed by atoms with Crippen LogP contribution in [-0.2, 0) is 21.4 Å². The first kappa shape index (κ1) is 18.7. The molecule has 6 nitrogen and oxygen atoms in total. The van der Waals surface area contributed by atoms with Crippen LogP contribution in [0.4, 0.5) is 0 Å². The molecular weight excluding hydrogens is 384 g/mol. The van der Waals surface area contributed by atoms with Crippen molar-refractivity contribution in [1.29, 1.82) is 0 Å². The van der Waals surface area contributed by atoms with Crippen molar-refractivity contribution in [3.63, 3.8) is 0 Å². The van der Waals surface area contributed by atoms with Gasteiger partial charge in [0, 0.05) is 13.1 Å². The molecule has 0 radical (unpaired) electrons. The fourth-order valence-electron chi connectivity index (χ4n) is 4.48. The van der Waals surface area contributed by atoms with Crippen LogP contribution in [0.5, 0.6) is 0 Å². The maximum absolute atomic E-state index is 13.0. The number of nitrogens with one attached hydrogen (secondary N) is 1. The lowest BCUT2D eigenvalue weighted by Crippen LogP contribution is -2.42. The van der Waals surface area contributed by atoms with Gasteiger partial charge in [0.05, 0.1) is 18.7 Å². The molecule has 1 aliphatic carbocycles. The van der Waals surface area contributed by atoms with Gasteiger partial charge in [-0.3, -0.25) is 4.79 Å². The van der Waals surface area contributed by atoms with E-state index < -0.39 is 10.0 Å². The molecule has 1 spiro atoms. The van der Waals surface area contributed by atoms with E-state index in [1.165, 1.54) is 15.6 Å². The van der Waals surface area contributed by atoms with Gasteiger partial charge in [-0.2, -0.15) is 4.31 Å². The van der Waals surface area contributed by atoms with E-state index in [4.69, 9.17) is 4.42 Å². The Morgan fingerprint density at radius 2 is 2.07 bits per heavy atom. The van der Waals surface area contributed by atoms with Gasteiger partial charge >= 0.3 is 0 Å². The third kappa shape index (κ3) is 3.58. The van der Waals surface area contributed by atoms with E-state index in [0.29, 0.717) is 23.1 Å². The summed E-state index contributed by atoms with van der Waals surface area (Å²) in [5.41, 5.74) is -0.254. The number of carbonyl (C=O) groups excluding carboxylic acids is 1. The average molecular weight is 409 g/mol. The van der Waals surface area contributed by atoms with Crippen LogP contribution in [0, 0.1) is 11.3 Å². The highest BCUT2D eigenvalue weighted by Crippen LogP contribution is 2.49. The zero-order chi connectivity index (χ0) is 18.9. The maximum Gasteiger partial charge on any atom is 0.252 e. The van der Waals surface area contributed by atoms with Gasteiger partial charge in [-0.15, -0.1) is 11.3 Å².